The third-order valence-corrected chi connectivity index (χ3v) is 3.38. The van der Waals surface area contributed by atoms with Crippen LogP contribution in [0.5, 0.6) is 5.75 Å². The van der Waals surface area contributed by atoms with Crippen molar-refractivity contribution in [3.8, 4) is 5.75 Å². The standard InChI is InChI=1S/C17H26N2O2/c1-5-12-19-17(20)14(3)21-16-10-8-15(9-11-16)7-6-13(2)18-4/h5,8-11,13-14,18H,1,6-7,12H2,2-4H3,(H,19,20). The fourth-order valence-corrected chi connectivity index (χ4v) is 1.84. The number of benzene rings is 1. The van der Waals surface area contributed by atoms with Gasteiger partial charge in [-0.05, 0) is 51.4 Å². The predicted molar refractivity (Wildman–Crippen MR) is 86.6 cm³/mol. The molecule has 4 nitrogen and oxygen atoms in total. The summed E-state index contributed by atoms with van der Waals surface area (Å²) >= 11 is 0. The molecule has 1 rings (SSSR count). The largest absolute Gasteiger partial charge is 0.481 e. The Morgan fingerprint density at radius 1 is 1.33 bits per heavy atom. The van der Waals surface area contributed by atoms with Gasteiger partial charge in [0.1, 0.15) is 5.75 Å². The van der Waals surface area contributed by atoms with Crippen LogP contribution < -0.4 is 15.4 Å². The van der Waals surface area contributed by atoms with Gasteiger partial charge in [-0.1, -0.05) is 18.2 Å². The van der Waals surface area contributed by atoms with Gasteiger partial charge in [0.2, 0.25) is 0 Å². The Kier molecular flexibility index (Phi) is 7.54. The summed E-state index contributed by atoms with van der Waals surface area (Å²) in [4.78, 5) is 11.7. The normalized spacial score (nSPS) is 13.3. The molecule has 2 N–H and O–H groups in total. The molecule has 0 saturated carbocycles. The highest BCUT2D eigenvalue weighted by molar-refractivity contribution is 5.80. The van der Waals surface area contributed by atoms with E-state index in [9.17, 15) is 4.79 Å². The summed E-state index contributed by atoms with van der Waals surface area (Å²) in [6.45, 7) is 7.92. The Hall–Kier alpha value is -1.81. The van der Waals surface area contributed by atoms with E-state index >= 15 is 0 Å². The first kappa shape index (κ1) is 17.2. The molecule has 0 aliphatic rings. The van der Waals surface area contributed by atoms with Crippen LogP contribution in [0.4, 0.5) is 0 Å². The molecule has 4 heteroatoms. The van der Waals surface area contributed by atoms with Crippen LogP contribution in [-0.2, 0) is 11.2 Å². The van der Waals surface area contributed by atoms with Crippen molar-refractivity contribution in [2.24, 2.45) is 0 Å². The molecule has 0 aliphatic heterocycles. The average Bonchev–Trinajstić information content (AvgIpc) is 2.51. The monoisotopic (exact) mass is 290 g/mol. The van der Waals surface area contributed by atoms with Crippen LogP contribution in [0.2, 0.25) is 0 Å². The molecule has 1 amide bonds. The first-order chi connectivity index (χ1) is 10.1. The average molecular weight is 290 g/mol. The Morgan fingerprint density at radius 3 is 2.57 bits per heavy atom. The minimum absolute atomic E-state index is 0.137. The second-order valence-corrected chi connectivity index (χ2v) is 5.17. The van der Waals surface area contributed by atoms with Crippen molar-refractivity contribution in [2.45, 2.75) is 38.8 Å². The number of amides is 1. The van der Waals surface area contributed by atoms with Gasteiger partial charge in [0.25, 0.3) is 5.91 Å². The van der Waals surface area contributed by atoms with Gasteiger partial charge < -0.3 is 15.4 Å². The summed E-state index contributed by atoms with van der Waals surface area (Å²) < 4.78 is 5.62. The van der Waals surface area contributed by atoms with E-state index in [1.54, 1.807) is 13.0 Å². The van der Waals surface area contributed by atoms with Crippen molar-refractivity contribution in [1.82, 2.24) is 10.6 Å². The SMILES string of the molecule is C=CCNC(=O)C(C)Oc1ccc(CCC(C)NC)cc1. The van der Waals surface area contributed by atoms with Crippen molar-refractivity contribution >= 4 is 5.91 Å². The lowest BCUT2D eigenvalue weighted by molar-refractivity contribution is -0.127. The molecule has 21 heavy (non-hydrogen) atoms. The van der Waals surface area contributed by atoms with Crippen LogP contribution in [0.15, 0.2) is 36.9 Å². The summed E-state index contributed by atoms with van der Waals surface area (Å²) in [5.74, 6) is 0.573. The summed E-state index contributed by atoms with van der Waals surface area (Å²) in [6, 6.07) is 8.43. The van der Waals surface area contributed by atoms with Crippen molar-refractivity contribution in [3.63, 3.8) is 0 Å². The minimum atomic E-state index is -0.514. The second kappa shape index (κ2) is 9.19. The fraction of sp³-hybridized carbons (Fsp3) is 0.471. The van der Waals surface area contributed by atoms with E-state index in [0.717, 1.165) is 12.8 Å². The molecular formula is C17H26N2O2. The molecule has 1 aromatic carbocycles. The Bertz CT molecular complexity index is 443. The maximum absolute atomic E-state index is 11.7. The van der Waals surface area contributed by atoms with Crippen LogP contribution >= 0.6 is 0 Å². The van der Waals surface area contributed by atoms with Crippen molar-refractivity contribution < 1.29 is 9.53 Å². The smallest absolute Gasteiger partial charge is 0.261 e. The number of carbonyl (C=O) groups excluding carboxylic acids is 1. The summed E-state index contributed by atoms with van der Waals surface area (Å²) in [5, 5.41) is 5.94. The number of hydrogen-bond donors (Lipinski definition) is 2. The van der Waals surface area contributed by atoms with E-state index in [1.807, 2.05) is 31.3 Å². The third kappa shape index (κ3) is 6.45. The first-order valence-electron chi connectivity index (χ1n) is 7.38. The number of rotatable bonds is 9. The maximum atomic E-state index is 11.7. The molecule has 0 bridgehead atoms. The Labute approximate surface area is 127 Å². The molecule has 0 aliphatic carbocycles. The molecule has 0 saturated heterocycles. The lowest BCUT2D eigenvalue weighted by Crippen LogP contribution is -2.36. The van der Waals surface area contributed by atoms with E-state index in [1.165, 1.54) is 5.56 Å². The number of hydrogen-bond acceptors (Lipinski definition) is 3. The zero-order valence-corrected chi connectivity index (χ0v) is 13.2. The number of carbonyl (C=O) groups is 1. The molecule has 0 fully saturated rings. The van der Waals surface area contributed by atoms with E-state index in [4.69, 9.17) is 4.74 Å². The van der Waals surface area contributed by atoms with Gasteiger partial charge >= 0.3 is 0 Å². The van der Waals surface area contributed by atoms with Crippen LogP contribution in [0.1, 0.15) is 25.8 Å². The molecule has 0 radical (unpaired) electrons. The van der Waals surface area contributed by atoms with Gasteiger partial charge in [-0.3, -0.25) is 4.79 Å². The fourth-order valence-electron chi connectivity index (χ4n) is 1.84. The lowest BCUT2D eigenvalue weighted by atomic mass is 10.1. The zero-order chi connectivity index (χ0) is 15.7. The predicted octanol–water partition coefficient (Wildman–Crippen LogP) is 2.30. The molecule has 2 atom stereocenters. The molecule has 116 valence electrons. The highest BCUT2D eigenvalue weighted by Crippen LogP contribution is 2.15. The molecule has 1 aromatic rings. The van der Waals surface area contributed by atoms with Gasteiger partial charge in [0.05, 0.1) is 0 Å². The van der Waals surface area contributed by atoms with Crippen LogP contribution in [0, 0.1) is 0 Å². The Balaban J connectivity index is 2.46. The van der Waals surface area contributed by atoms with Gasteiger partial charge in [-0.2, -0.15) is 0 Å². The van der Waals surface area contributed by atoms with Crippen molar-refractivity contribution in [2.75, 3.05) is 13.6 Å². The highest BCUT2D eigenvalue weighted by Gasteiger charge is 2.13. The van der Waals surface area contributed by atoms with Gasteiger partial charge in [0.15, 0.2) is 6.10 Å². The summed E-state index contributed by atoms with van der Waals surface area (Å²) in [5.41, 5.74) is 1.27. The highest BCUT2D eigenvalue weighted by atomic mass is 16.5. The quantitative estimate of drug-likeness (QED) is 0.686. The van der Waals surface area contributed by atoms with Gasteiger partial charge in [-0.15, -0.1) is 6.58 Å². The number of aryl methyl sites for hydroxylation is 1. The number of ether oxygens (including phenoxy) is 1. The maximum Gasteiger partial charge on any atom is 0.261 e. The van der Waals surface area contributed by atoms with Gasteiger partial charge in [0, 0.05) is 12.6 Å². The van der Waals surface area contributed by atoms with Crippen LogP contribution in [0.25, 0.3) is 0 Å². The molecule has 0 spiro atoms. The zero-order valence-electron chi connectivity index (χ0n) is 13.2. The first-order valence-corrected chi connectivity index (χ1v) is 7.38. The minimum Gasteiger partial charge on any atom is -0.481 e. The third-order valence-electron chi connectivity index (χ3n) is 3.38. The van der Waals surface area contributed by atoms with E-state index in [0.29, 0.717) is 18.3 Å². The van der Waals surface area contributed by atoms with Gasteiger partial charge in [-0.25, -0.2) is 0 Å². The molecule has 0 aromatic heterocycles. The summed E-state index contributed by atoms with van der Waals surface area (Å²) in [6.07, 6.45) is 3.25. The number of nitrogens with one attached hydrogen (secondary N) is 2. The van der Waals surface area contributed by atoms with Crippen molar-refractivity contribution in [3.05, 3.63) is 42.5 Å². The lowest BCUT2D eigenvalue weighted by Gasteiger charge is -2.14. The molecular weight excluding hydrogens is 264 g/mol. The van der Waals surface area contributed by atoms with E-state index in [2.05, 4.69) is 24.1 Å². The summed E-state index contributed by atoms with van der Waals surface area (Å²) in [7, 11) is 1.97. The molecule has 2 unspecified atom stereocenters. The van der Waals surface area contributed by atoms with E-state index < -0.39 is 6.10 Å². The second-order valence-electron chi connectivity index (χ2n) is 5.17. The Morgan fingerprint density at radius 2 is 2.00 bits per heavy atom. The van der Waals surface area contributed by atoms with Crippen LogP contribution in [0.3, 0.4) is 0 Å². The van der Waals surface area contributed by atoms with Crippen molar-refractivity contribution in [1.29, 1.82) is 0 Å². The van der Waals surface area contributed by atoms with Crippen LogP contribution in [-0.4, -0.2) is 31.6 Å². The molecule has 0 heterocycles. The topological polar surface area (TPSA) is 50.4 Å². The van der Waals surface area contributed by atoms with E-state index in [-0.39, 0.29) is 5.91 Å².